The van der Waals surface area contributed by atoms with E-state index in [9.17, 15) is 4.79 Å². The molecule has 0 amide bonds. The molecule has 0 aromatic heterocycles. The number of carbonyl (C=O) groups excluding carboxylic acids is 1. The van der Waals surface area contributed by atoms with Crippen molar-refractivity contribution >= 4 is 5.78 Å². The number of allylic oxidation sites excluding steroid dienone is 1. The lowest BCUT2D eigenvalue weighted by atomic mass is 9.68. The van der Waals surface area contributed by atoms with E-state index in [1.807, 2.05) is 6.08 Å². The Bertz CT molecular complexity index is 215. The van der Waals surface area contributed by atoms with Gasteiger partial charge in [-0.2, -0.15) is 0 Å². The Balaban J connectivity index is 2.71. The largest absolute Gasteiger partial charge is 0.299 e. The highest BCUT2D eigenvalue weighted by atomic mass is 16.1. The minimum absolute atomic E-state index is 0.0166. The van der Waals surface area contributed by atoms with Gasteiger partial charge in [0, 0.05) is 12.3 Å². The first-order chi connectivity index (χ1) is 5.97. The maximum absolute atomic E-state index is 11.8. The topological polar surface area (TPSA) is 17.1 Å². The molecule has 0 unspecified atom stereocenters. The van der Waals surface area contributed by atoms with Crippen LogP contribution in [0.4, 0.5) is 0 Å². The minimum Gasteiger partial charge on any atom is -0.299 e. The predicted molar refractivity (Wildman–Crippen MR) is 55.5 cm³/mol. The summed E-state index contributed by atoms with van der Waals surface area (Å²) < 4.78 is 0. The monoisotopic (exact) mass is 180 g/mol. The van der Waals surface area contributed by atoms with Crippen molar-refractivity contribution in [2.24, 2.45) is 17.3 Å². The molecule has 1 nitrogen and oxygen atoms in total. The summed E-state index contributed by atoms with van der Waals surface area (Å²) in [5.41, 5.74) is -0.0166. The average Bonchev–Trinajstić information content (AvgIpc) is 2.03. The first-order valence-electron chi connectivity index (χ1n) is 5.13. The number of carbonyl (C=O) groups is 1. The molecule has 0 spiro atoms. The molecule has 1 heteroatoms. The second kappa shape index (κ2) is 3.65. The van der Waals surface area contributed by atoms with Gasteiger partial charge in [0.15, 0.2) is 0 Å². The Morgan fingerprint density at radius 2 is 2.08 bits per heavy atom. The maximum atomic E-state index is 11.8. The third-order valence-electron chi connectivity index (χ3n) is 3.31. The molecule has 0 N–H and O–H groups in total. The second-order valence-electron chi connectivity index (χ2n) is 4.93. The highest BCUT2D eigenvalue weighted by Crippen LogP contribution is 2.38. The Morgan fingerprint density at radius 1 is 1.46 bits per heavy atom. The van der Waals surface area contributed by atoms with Crippen molar-refractivity contribution in [3.63, 3.8) is 0 Å². The van der Waals surface area contributed by atoms with Gasteiger partial charge in [0.1, 0.15) is 5.78 Å². The summed E-state index contributed by atoms with van der Waals surface area (Å²) in [6.45, 7) is 10.2. The predicted octanol–water partition coefficient (Wildman–Crippen LogP) is 3.20. The lowest BCUT2D eigenvalue weighted by molar-refractivity contribution is -0.128. The number of rotatable bonds is 2. The van der Waals surface area contributed by atoms with Gasteiger partial charge in [0.2, 0.25) is 0 Å². The van der Waals surface area contributed by atoms with Gasteiger partial charge in [0.05, 0.1) is 0 Å². The molecule has 1 fully saturated rings. The number of Topliss-reactive ketones (excluding diaryl/α,β-unsaturated/α-hetero) is 1. The Morgan fingerprint density at radius 3 is 2.54 bits per heavy atom. The summed E-state index contributed by atoms with van der Waals surface area (Å²) in [6.07, 6.45) is 4.92. The SMILES string of the molecule is C=CC(C)(C)[C@H]1CC[C@H](C)CC1=O. The van der Waals surface area contributed by atoms with Crippen LogP contribution in [0.1, 0.15) is 40.0 Å². The first kappa shape index (κ1) is 10.5. The van der Waals surface area contributed by atoms with Crippen molar-refractivity contribution in [2.45, 2.75) is 40.0 Å². The van der Waals surface area contributed by atoms with Crippen molar-refractivity contribution in [3.05, 3.63) is 12.7 Å². The maximum Gasteiger partial charge on any atom is 0.137 e. The van der Waals surface area contributed by atoms with Gasteiger partial charge in [-0.1, -0.05) is 26.8 Å². The smallest absolute Gasteiger partial charge is 0.137 e. The number of ketones is 1. The first-order valence-corrected chi connectivity index (χ1v) is 5.13. The van der Waals surface area contributed by atoms with Crippen LogP contribution in [0.25, 0.3) is 0 Å². The minimum atomic E-state index is -0.0166. The normalized spacial score (nSPS) is 30.2. The van der Waals surface area contributed by atoms with Crippen LogP contribution in [-0.2, 0) is 4.79 Å². The van der Waals surface area contributed by atoms with E-state index in [4.69, 9.17) is 0 Å². The molecule has 0 heterocycles. The fourth-order valence-corrected chi connectivity index (χ4v) is 2.13. The highest BCUT2D eigenvalue weighted by molar-refractivity contribution is 5.82. The molecular weight excluding hydrogens is 160 g/mol. The molecule has 0 aliphatic heterocycles. The molecule has 1 saturated carbocycles. The van der Waals surface area contributed by atoms with Crippen LogP contribution < -0.4 is 0 Å². The van der Waals surface area contributed by atoms with Crippen molar-refractivity contribution in [2.75, 3.05) is 0 Å². The molecule has 1 aliphatic rings. The standard InChI is InChI=1S/C12H20O/c1-5-12(3,4)10-7-6-9(2)8-11(10)13/h5,9-10H,1,6-8H2,2-4H3/t9-,10-/m0/s1. The molecule has 0 radical (unpaired) electrons. The van der Waals surface area contributed by atoms with Crippen LogP contribution in [-0.4, -0.2) is 5.78 Å². The summed E-state index contributed by atoms with van der Waals surface area (Å²) in [5.74, 6) is 1.23. The van der Waals surface area contributed by atoms with Crippen LogP contribution in [0.2, 0.25) is 0 Å². The fourth-order valence-electron chi connectivity index (χ4n) is 2.13. The molecule has 0 aromatic carbocycles. The second-order valence-corrected chi connectivity index (χ2v) is 4.93. The van der Waals surface area contributed by atoms with Crippen LogP contribution in [0.15, 0.2) is 12.7 Å². The Kier molecular flexibility index (Phi) is 2.94. The summed E-state index contributed by atoms with van der Waals surface area (Å²) in [7, 11) is 0. The Labute approximate surface area is 81.2 Å². The lowest BCUT2D eigenvalue weighted by Gasteiger charge is -2.35. The summed E-state index contributed by atoms with van der Waals surface area (Å²) in [6, 6.07) is 0. The summed E-state index contributed by atoms with van der Waals surface area (Å²) in [4.78, 5) is 11.8. The summed E-state index contributed by atoms with van der Waals surface area (Å²) >= 11 is 0. The van der Waals surface area contributed by atoms with Gasteiger partial charge in [-0.25, -0.2) is 0 Å². The average molecular weight is 180 g/mol. The van der Waals surface area contributed by atoms with Gasteiger partial charge in [0.25, 0.3) is 0 Å². The molecule has 0 aromatic rings. The van der Waals surface area contributed by atoms with Crippen LogP contribution in [0.3, 0.4) is 0 Å². The zero-order valence-electron chi connectivity index (χ0n) is 8.97. The third-order valence-corrected chi connectivity index (χ3v) is 3.31. The Hall–Kier alpha value is -0.590. The molecule has 0 bridgehead atoms. The van der Waals surface area contributed by atoms with Gasteiger partial charge in [-0.05, 0) is 24.2 Å². The van der Waals surface area contributed by atoms with Gasteiger partial charge >= 0.3 is 0 Å². The van der Waals surface area contributed by atoms with E-state index in [0.717, 1.165) is 12.8 Å². The zero-order valence-corrected chi connectivity index (χ0v) is 8.97. The van der Waals surface area contributed by atoms with E-state index in [1.54, 1.807) is 0 Å². The van der Waals surface area contributed by atoms with Crippen molar-refractivity contribution < 1.29 is 4.79 Å². The van der Waals surface area contributed by atoms with E-state index in [2.05, 4.69) is 27.4 Å². The van der Waals surface area contributed by atoms with Gasteiger partial charge in [-0.3, -0.25) is 4.79 Å². The number of hydrogen-bond acceptors (Lipinski definition) is 1. The van der Waals surface area contributed by atoms with Crippen LogP contribution in [0, 0.1) is 17.3 Å². The molecule has 1 aliphatic carbocycles. The highest BCUT2D eigenvalue weighted by Gasteiger charge is 2.35. The van der Waals surface area contributed by atoms with E-state index < -0.39 is 0 Å². The van der Waals surface area contributed by atoms with Crippen molar-refractivity contribution in [3.8, 4) is 0 Å². The molecule has 1 rings (SSSR count). The molecule has 0 saturated heterocycles. The zero-order chi connectivity index (χ0) is 10.1. The van der Waals surface area contributed by atoms with Gasteiger partial charge in [-0.15, -0.1) is 6.58 Å². The molecule has 74 valence electrons. The van der Waals surface area contributed by atoms with E-state index >= 15 is 0 Å². The number of hydrogen-bond donors (Lipinski definition) is 0. The van der Waals surface area contributed by atoms with Crippen molar-refractivity contribution in [1.29, 1.82) is 0 Å². The molecule has 2 atom stereocenters. The fraction of sp³-hybridized carbons (Fsp3) is 0.750. The van der Waals surface area contributed by atoms with Crippen LogP contribution in [0.5, 0.6) is 0 Å². The van der Waals surface area contributed by atoms with E-state index in [-0.39, 0.29) is 11.3 Å². The molecular formula is C12H20O. The quantitative estimate of drug-likeness (QED) is 0.596. The van der Waals surface area contributed by atoms with E-state index in [1.165, 1.54) is 6.42 Å². The third kappa shape index (κ3) is 2.20. The van der Waals surface area contributed by atoms with Crippen molar-refractivity contribution in [1.82, 2.24) is 0 Å². The lowest BCUT2D eigenvalue weighted by Crippen LogP contribution is -2.34. The van der Waals surface area contributed by atoms with Gasteiger partial charge < -0.3 is 0 Å². The van der Waals surface area contributed by atoms with E-state index in [0.29, 0.717) is 11.7 Å². The van der Waals surface area contributed by atoms with Crippen LogP contribution >= 0.6 is 0 Å². The summed E-state index contributed by atoms with van der Waals surface area (Å²) in [5, 5.41) is 0. The molecule has 13 heavy (non-hydrogen) atoms.